The summed E-state index contributed by atoms with van der Waals surface area (Å²) >= 11 is 1.80. The van der Waals surface area contributed by atoms with E-state index in [1.165, 1.54) is 14.8 Å². The minimum atomic E-state index is 0.635. The Labute approximate surface area is 279 Å². The van der Waals surface area contributed by atoms with Crippen molar-refractivity contribution in [2.24, 2.45) is 0 Å². The van der Waals surface area contributed by atoms with Gasteiger partial charge in [0.2, 0.25) is 5.89 Å². The second kappa shape index (κ2) is 10.7. The number of nitrogens with zero attached hydrogens (tertiary/aromatic N) is 2. The molecule has 10 rings (SSSR count). The van der Waals surface area contributed by atoms with Crippen molar-refractivity contribution in [3.8, 4) is 22.6 Å². The van der Waals surface area contributed by atoms with Gasteiger partial charge in [-0.25, -0.2) is 4.98 Å². The van der Waals surface area contributed by atoms with Crippen LogP contribution >= 0.6 is 11.3 Å². The van der Waals surface area contributed by atoms with Crippen molar-refractivity contribution < 1.29 is 8.83 Å². The van der Waals surface area contributed by atoms with Gasteiger partial charge in [-0.15, -0.1) is 11.3 Å². The van der Waals surface area contributed by atoms with Crippen LogP contribution in [0.25, 0.3) is 75.8 Å². The summed E-state index contributed by atoms with van der Waals surface area (Å²) in [5, 5.41) is 4.52. The number of rotatable bonds is 5. The zero-order chi connectivity index (χ0) is 31.6. The summed E-state index contributed by atoms with van der Waals surface area (Å²) in [6, 6.07) is 54.9. The van der Waals surface area contributed by atoms with Crippen LogP contribution in [0.5, 0.6) is 0 Å². The van der Waals surface area contributed by atoms with E-state index in [9.17, 15) is 0 Å². The molecule has 0 aliphatic carbocycles. The van der Waals surface area contributed by atoms with Crippen LogP contribution < -0.4 is 4.90 Å². The van der Waals surface area contributed by atoms with Crippen LogP contribution in [0, 0.1) is 0 Å². The van der Waals surface area contributed by atoms with Gasteiger partial charge in [0, 0.05) is 59.1 Å². The topological polar surface area (TPSA) is 42.4 Å². The molecule has 3 aromatic heterocycles. The zero-order valence-corrected chi connectivity index (χ0v) is 26.4. The minimum Gasteiger partial charge on any atom is -0.456 e. The number of benzene rings is 7. The summed E-state index contributed by atoms with van der Waals surface area (Å²) in [7, 11) is 0. The largest absolute Gasteiger partial charge is 0.456 e. The fourth-order valence-electron chi connectivity index (χ4n) is 6.86. The first-order chi connectivity index (χ1) is 23.8. The molecule has 0 N–H and O–H groups in total. The SMILES string of the molecule is c1ccc(-c2nc3cc(-c4ccc(N(c5ccccc5)c5ccc6oc7ccccc7c6c5)cc4)c4sc5ccccc5c4c3o2)cc1. The summed E-state index contributed by atoms with van der Waals surface area (Å²) in [6.07, 6.45) is 0. The van der Waals surface area contributed by atoms with E-state index < -0.39 is 0 Å². The van der Waals surface area contributed by atoms with E-state index in [4.69, 9.17) is 13.8 Å². The van der Waals surface area contributed by atoms with Gasteiger partial charge in [0.05, 0.1) is 0 Å². The molecule has 0 radical (unpaired) electrons. The van der Waals surface area contributed by atoms with Crippen molar-refractivity contribution in [2.45, 2.75) is 0 Å². The predicted molar refractivity (Wildman–Crippen MR) is 200 cm³/mol. The van der Waals surface area contributed by atoms with Crippen LogP contribution in [-0.4, -0.2) is 4.98 Å². The van der Waals surface area contributed by atoms with Crippen LogP contribution in [0.2, 0.25) is 0 Å². The van der Waals surface area contributed by atoms with Crippen LogP contribution in [0.4, 0.5) is 17.1 Å². The first-order valence-electron chi connectivity index (χ1n) is 16.0. The molecule has 0 amide bonds. The average Bonchev–Trinajstić information content (AvgIpc) is 3.86. The molecule has 226 valence electrons. The third-order valence-corrected chi connectivity index (χ3v) is 10.3. The van der Waals surface area contributed by atoms with Gasteiger partial charge in [0.1, 0.15) is 16.7 Å². The lowest BCUT2D eigenvalue weighted by atomic mass is 10.0. The number of furan rings is 1. The van der Waals surface area contributed by atoms with Crippen molar-refractivity contribution in [1.29, 1.82) is 0 Å². The average molecular weight is 635 g/mol. The van der Waals surface area contributed by atoms with Gasteiger partial charge >= 0.3 is 0 Å². The van der Waals surface area contributed by atoms with Gasteiger partial charge in [-0.3, -0.25) is 0 Å². The molecular formula is C43H26N2O2S. The molecule has 0 unspecified atom stereocenters. The van der Waals surface area contributed by atoms with E-state index in [0.717, 1.165) is 72.2 Å². The number of hydrogen-bond acceptors (Lipinski definition) is 5. The Morgan fingerprint density at radius 3 is 2.00 bits per heavy atom. The lowest BCUT2D eigenvalue weighted by molar-refractivity contribution is 0.623. The van der Waals surface area contributed by atoms with Gasteiger partial charge in [0.25, 0.3) is 0 Å². The summed E-state index contributed by atoms with van der Waals surface area (Å²) in [6.45, 7) is 0. The van der Waals surface area contributed by atoms with Crippen molar-refractivity contribution in [2.75, 3.05) is 4.90 Å². The van der Waals surface area contributed by atoms with Crippen LogP contribution in [0.15, 0.2) is 167 Å². The Bertz CT molecular complexity index is 2780. The van der Waals surface area contributed by atoms with E-state index in [2.05, 4.69) is 120 Å². The summed E-state index contributed by atoms with van der Waals surface area (Å²) < 4.78 is 15.1. The molecule has 7 aromatic carbocycles. The molecule has 0 fully saturated rings. The number of fused-ring (bicyclic) bond motifs is 8. The van der Waals surface area contributed by atoms with Crippen LogP contribution in [0.3, 0.4) is 0 Å². The number of aromatic nitrogens is 1. The van der Waals surface area contributed by atoms with E-state index in [1.807, 2.05) is 42.5 Å². The van der Waals surface area contributed by atoms with Crippen LogP contribution in [-0.2, 0) is 0 Å². The molecule has 0 saturated carbocycles. The Morgan fingerprint density at radius 1 is 0.500 bits per heavy atom. The Kier molecular flexibility index (Phi) is 6.01. The van der Waals surface area contributed by atoms with Crippen molar-refractivity contribution >= 4 is 81.6 Å². The molecule has 0 bridgehead atoms. The van der Waals surface area contributed by atoms with Gasteiger partial charge in [-0.1, -0.05) is 84.9 Å². The smallest absolute Gasteiger partial charge is 0.227 e. The number of para-hydroxylation sites is 2. The van der Waals surface area contributed by atoms with Crippen molar-refractivity contribution in [3.05, 3.63) is 158 Å². The summed E-state index contributed by atoms with van der Waals surface area (Å²) in [5.74, 6) is 0.635. The minimum absolute atomic E-state index is 0.635. The van der Waals surface area contributed by atoms with E-state index in [0.29, 0.717) is 5.89 Å². The number of thiophene rings is 1. The Hall–Kier alpha value is -6.17. The van der Waals surface area contributed by atoms with E-state index in [-0.39, 0.29) is 0 Å². The molecule has 48 heavy (non-hydrogen) atoms. The molecule has 0 aliphatic rings. The molecule has 0 spiro atoms. The maximum absolute atomic E-state index is 6.51. The first-order valence-corrected chi connectivity index (χ1v) is 16.8. The zero-order valence-electron chi connectivity index (χ0n) is 25.6. The van der Waals surface area contributed by atoms with Crippen molar-refractivity contribution in [3.63, 3.8) is 0 Å². The highest BCUT2D eigenvalue weighted by atomic mass is 32.1. The molecule has 4 nitrogen and oxygen atoms in total. The molecular weight excluding hydrogens is 609 g/mol. The Balaban J connectivity index is 1.14. The highest BCUT2D eigenvalue weighted by molar-refractivity contribution is 7.26. The molecule has 3 heterocycles. The van der Waals surface area contributed by atoms with Gasteiger partial charge in [0.15, 0.2) is 5.58 Å². The molecule has 0 aliphatic heterocycles. The van der Waals surface area contributed by atoms with E-state index in [1.54, 1.807) is 11.3 Å². The summed E-state index contributed by atoms with van der Waals surface area (Å²) in [5.41, 5.74) is 9.94. The number of anilines is 3. The maximum Gasteiger partial charge on any atom is 0.227 e. The highest BCUT2D eigenvalue weighted by Crippen LogP contribution is 2.46. The number of hydrogen-bond donors (Lipinski definition) is 0. The summed E-state index contributed by atoms with van der Waals surface area (Å²) in [4.78, 5) is 7.29. The van der Waals surface area contributed by atoms with Crippen molar-refractivity contribution in [1.82, 2.24) is 4.98 Å². The van der Waals surface area contributed by atoms with Gasteiger partial charge in [-0.2, -0.15) is 0 Å². The van der Waals surface area contributed by atoms with E-state index >= 15 is 0 Å². The fraction of sp³-hybridized carbons (Fsp3) is 0. The fourth-order valence-corrected chi connectivity index (χ4v) is 8.10. The molecule has 0 atom stereocenters. The van der Waals surface area contributed by atoms with Crippen LogP contribution in [0.1, 0.15) is 0 Å². The third kappa shape index (κ3) is 4.25. The second-order valence-electron chi connectivity index (χ2n) is 12.0. The predicted octanol–water partition coefficient (Wildman–Crippen LogP) is 12.9. The van der Waals surface area contributed by atoms with Gasteiger partial charge in [-0.05, 0) is 78.4 Å². The molecule has 0 saturated heterocycles. The monoisotopic (exact) mass is 634 g/mol. The first kappa shape index (κ1) is 27.0. The second-order valence-corrected chi connectivity index (χ2v) is 13.0. The third-order valence-electron chi connectivity index (χ3n) is 9.09. The normalized spacial score (nSPS) is 11.8. The quantitative estimate of drug-likeness (QED) is 0.189. The number of oxazole rings is 1. The lowest BCUT2D eigenvalue weighted by Crippen LogP contribution is -2.09. The standard InChI is InChI=1S/C43H26N2O2S/c1-3-11-28(12-4-1)43-44-36-26-34(42-40(41(36)47-43)33-16-8-10-18-39(33)48-42)27-19-21-30(22-20-27)45(29-13-5-2-6-14-29)31-23-24-38-35(25-31)32-15-7-9-17-37(32)46-38/h1-26H. The molecule has 5 heteroatoms. The molecule has 10 aromatic rings. The highest BCUT2D eigenvalue weighted by Gasteiger charge is 2.20. The Morgan fingerprint density at radius 2 is 1.17 bits per heavy atom. The maximum atomic E-state index is 6.51. The van der Waals surface area contributed by atoms with Gasteiger partial charge < -0.3 is 13.7 Å². The lowest BCUT2D eigenvalue weighted by Gasteiger charge is -2.25.